The largest absolute Gasteiger partial charge is 0.480 e. The van der Waals surface area contributed by atoms with Gasteiger partial charge in [-0.2, -0.15) is 0 Å². The highest BCUT2D eigenvalue weighted by Gasteiger charge is 2.28. The Balaban J connectivity index is 4.14. The Labute approximate surface area is 411 Å². The van der Waals surface area contributed by atoms with E-state index in [2.05, 4.69) is 26.0 Å². The van der Waals surface area contributed by atoms with Gasteiger partial charge in [-0.25, -0.2) is 4.57 Å². The first-order valence-corrected chi connectivity index (χ1v) is 29.7. The summed E-state index contributed by atoms with van der Waals surface area (Å²) in [5, 5.41) is 8.94. The van der Waals surface area contributed by atoms with E-state index in [1.807, 2.05) is 0 Å². The molecular formula is C55H106NO10P. The lowest BCUT2D eigenvalue weighted by atomic mass is 10.0. The van der Waals surface area contributed by atoms with Gasteiger partial charge in [-0.3, -0.25) is 23.4 Å². The fraction of sp³-hybridized carbons (Fsp3) is 0.909. The smallest absolute Gasteiger partial charge is 0.472 e. The molecule has 0 aromatic rings. The number of hydrogen-bond donors (Lipinski definition) is 3. The van der Waals surface area contributed by atoms with Gasteiger partial charge >= 0.3 is 25.7 Å². The Morgan fingerprint density at radius 3 is 1.09 bits per heavy atom. The molecule has 396 valence electrons. The van der Waals surface area contributed by atoms with Crippen molar-refractivity contribution in [3.63, 3.8) is 0 Å². The van der Waals surface area contributed by atoms with Crippen LogP contribution >= 0.6 is 7.82 Å². The second-order valence-corrected chi connectivity index (χ2v) is 20.9. The maximum absolute atomic E-state index is 12.7. The van der Waals surface area contributed by atoms with E-state index in [1.54, 1.807) is 0 Å². The summed E-state index contributed by atoms with van der Waals surface area (Å²) in [4.78, 5) is 46.3. The lowest BCUT2D eigenvalue weighted by molar-refractivity contribution is -0.161. The first kappa shape index (κ1) is 65.2. The second kappa shape index (κ2) is 50.6. The van der Waals surface area contributed by atoms with Crippen LogP contribution in [0.5, 0.6) is 0 Å². The van der Waals surface area contributed by atoms with E-state index in [0.717, 1.165) is 38.5 Å². The molecule has 0 fully saturated rings. The Morgan fingerprint density at radius 2 is 0.746 bits per heavy atom. The molecule has 0 aliphatic carbocycles. The number of phosphoric acid groups is 1. The van der Waals surface area contributed by atoms with Gasteiger partial charge in [-0.05, 0) is 38.5 Å². The SMILES string of the molecule is CCCCCCCC/C=C/CCCCCCCCCCCCCC(=O)OC[C@H](COP(=O)(O)OC[C@H](N)C(=O)O)OC(=O)CCCCCCCCCCCCCCCCCCCCCCCC. The molecule has 0 radical (unpaired) electrons. The Hall–Kier alpha value is -1.78. The van der Waals surface area contributed by atoms with Crippen molar-refractivity contribution < 1.29 is 47.5 Å². The van der Waals surface area contributed by atoms with Crippen LogP contribution < -0.4 is 5.73 Å². The average molecular weight is 972 g/mol. The number of carbonyl (C=O) groups is 3. The maximum atomic E-state index is 12.7. The third kappa shape index (κ3) is 50.4. The lowest BCUT2D eigenvalue weighted by Gasteiger charge is -2.20. The van der Waals surface area contributed by atoms with Crippen molar-refractivity contribution >= 4 is 25.7 Å². The van der Waals surface area contributed by atoms with Crippen LogP contribution in [0.2, 0.25) is 0 Å². The van der Waals surface area contributed by atoms with E-state index >= 15 is 0 Å². The van der Waals surface area contributed by atoms with Crippen LogP contribution in [0.25, 0.3) is 0 Å². The molecule has 67 heavy (non-hydrogen) atoms. The predicted molar refractivity (Wildman–Crippen MR) is 277 cm³/mol. The maximum Gasteiger partial charge on any atom is 0.472 e. The third-order valence-electron chi connectivity index (χ3n) is 12.8. The molecule has 0 heterocycles. The van der Waals surface area contributed by atoms with Crippen molar-refractivity contribution in [1.82, 2.24) is 0 Å². The molecule has 0 aromatic heterocycles. The number of carbonyl (C=O) groups excluding carboxylic acids is 2. The average Bonchev–Trinajstić information content (AvgIpc) is 3.31. The van der Waals surface area contributed by atoms with Crippen LogP contribution in [0, 0.1) is 0 Å². The van der Waals surface area contributed by atoms with Crippen molar-refractivity contribution in [2.75, 3.05) is 19.8 Å². The molecule has 3 atom stereocenters. The van der Waals surface area contributed by atoms with Crippen LogP contribution in [0.1, 0.15) is 290 Å². The first-order valence-electron chi connectivity index (χ1n) is 28.2. The summed E-state index contributed by atoms with van der Waals surface area (Å²) in [7, 11) is -4.72. The van der Waals surface area contributed by atoms with Crippen molar-refractivity contribution in [3.05, 3.63) is 12.2 Å². The van der Waals surface area contributed by atoms with E-state index in [4.69, 9.17) is 29.4 Å². The standard InChI is InChI=1S/C55H106NO10P/c1-3-5-7-9-11-13-15-17-19-21-23-25-27-29-31-33-35-37-39-41-43-45-47-54(58)66-51(49-64-67(61,62)65-50-52(56)55(59)60)48-63-53(57)46-44-42-40-38-36-34-32-30-28-26-24-22-20-18-16-14-12-10-8-6-4-2/h18,20,51-52H,3-17,19,21-50,56H2,1-2H3,(H,59,60)(H,61,62)/b20-18+/t51-,52+/m1/s1. The number of unbranched alkanes of at least 4 members (excludes halogenated alkanes) is 38. The molecule has 0 bridgehead atoms. The highest BCUT2D eigenvalue weighted by Crippen LogP contribution is 2.43. The molecule has 11 nitrogen and oxygen atoms in total. The quantitative estimate of drug-likeness (QED) is 0.0229. The van der Waals surface area contributed by atoms with Gasteiger partial charge in [0.25, 0.3) is 0 Å². The first-order chi connectivity index (χ1) is 32.6. The summed E-state index contributed by atoms with van der Waals surface area (Å²) in [6, 6.07) is -1.52. The number of nitrogens with two attached hydrogens (primary N) is 1. The monoisotopic (exact) mass is 972 g/mol. The molecule has 0 saturated carbocycles. The number of esters is 2. The Bertz CT molecular complexity index is 1190. The molecular weight excluding hydrogens is 866 g/mol. The zero-order valence-corrected chi connectivity index (χ0v) is 44.4. The summed E-state index contributed by atoms with van der Waals surface area (Å²) >= 11 is 0. The molecule has 0 aliphatic heterocycles. The van der Waals surface area contributed by atoms with E-state index in [9.17, 15) is 23.8 Å². The summed E-state index contributed by atoms with van der Waals surface area (Å²) in [6.45, 7) is 2.87. The fourth-order valence-electron chi connectivity index (χ4n) is 8.36. The molecule has 0 amide bonds. The van der Waals surface area contributed by atoms with Crippen molar-refractivity contribution in [3.8, 4) is 0 Å². The number of hydrogen-bond acceptors (Lipinski definition) is 9. The summed E-state index contributed by atoms with van der Waals surface area (Å²) in [5.74, 6) is -2.35. The molecule has 12 heteroatoms. The van der Waals surface area contributed by atoms with Gasteiger partial charge in [-0.15, -0.1) is 0 Å². The van der Waals surface area contributed by atoms with Gasteiger partial charge in [0, 0.05) is 12.8 Å². The minimum absolute atomic E-state index is 0.168. The van der Waals surface area contributed by atoms with Crippen LogP contribution in [0.15, 0.2) is 12.2 Å². The zero-order chi connectivity index (χ0) is 49.2. The van der Waals surface area contributed by atoms with Crippen LogP contribution in [-0.4, -0.2) is 59.9 Å². The number of ether oxygens (including phenoxy) is 2. The van der Waals surface area contributed by atoms with Gasteiger partial charge < -0.3 is 25.2 Å². The highest BCUT2D eigenvalue weighted by molar-refractivity contribution is 7.47. The molecule has 0 rings (SSSR count). The van der Waals surface area contributed by atoms with E-state index in [-0.39, 0.29) is 19.4 Å². The van der Waals surface area contributed by atoms with E-state index < -0.39 is 51.1 Å². The molecule has 0 aromatic carbocycles. The molecule has 0 saturated heterocycles. The van der Waals surface area contributed by atoms with Crippen LogP contribution in [0.4, 0.5) is 0 Å². The number of rotatable bonds is 54. The minimum Gasteiger partial charge on any atom is -0.480 e. The number of phosphoric ester groups is 1. The fourth-order valence-corrected chi connectivity index (χ4v) is 9.14. The van der Waals surface area contributed by atoms with E-state index in [1.165, 1.54) is 212 Å². The summed E-state index contributed by atoms with van der Waals surface area (Å²) < 4.78 is 32.9. The number of carboxylic acids is 1. The lowest BCUT2D eigenvalue weighted by Crippen LogP contribution is -2.34. The summed E-state index contributed by atoms with van der Waals surface area (Å²) in [5.41, 5.74) is 5.36. The van der Waals surface area contributed by atoms with Gasteiger partial charge in [0.15, 0.2) is 6.10 Å². The Morgan fingerprint density at radius 1 is 0.448 bits per heavy atom. The van der Waals surface area contributed by atoms with Crippen molar-refractivity contribution in [1.29, 1.82) is 0 Å². The van der Waals surface area contributed by atoms with Gasteiger partial charge in [-0.1, -0.05) is 251 Å². The second-order valence-electron chi connectivity index (χ2n) is 19.4. The van der Waals surface area contributed by atoms with Gasteiger partial charge in [0.1, 0.15) is 12.6 Å². The molecule has 4 N–H and O–H groups in total. The van der Waals surface area contributed by atoms with Crippen molar-refractivity contribution in [2.45, 2.75) is 302 Å². The molecule has 1 unspecified atom stereocenters. The number of aliphatic carboxylic acids is 1. The van der Waals surface area contributed by atoms with Crippen LogP contribution in [0.3, 0.4) is 0 Å². The van der Waals surface area contributed by atoms with Crippen LogP contribution in [-0.2, 0) is 37.5 Å². The highest BCUT2D eigenvalue weighted by atomic mass is 31.2. The molecule has 0 aliphatic rings. The zero-order valence-electron chi connectivity index (χ0n) is 43.5. The summed E-state index contributed by atoms with van der Waals surface area (Å²) in [6.07, 6.45) is 55.6. The van der Waals surface area contributed by atoms with E-state index in [0.29, 0.717) is 12.8 Å². The van der Waals surface area contributed by atoms with Crippen molar-refractivity contribution in [2.24, 2.45) is 5.73 Å². The number of carboxylic acid groups (broad SMARTS) is 1. The number of allylic oxidation sites excluding steroid dienone is 2. The topological polar surface area (TPSA) is 172 Å². The molecule has 0 spiro atoms. The predicted octanol–water partition coefficient (Wildman–Crippen LogP) is 16.4. The minimum atomic E-state index is -4.72. The Kier molecular flexibility index (Phi) is 49.3. The third-order valence-corrected chi connectivity index (χ3v) is 13.7. The normalized spacial score (nSPS) is 13.5. The van der Waals surface area contributed by atoms with Gasteiger partial charge in [0.05, 0.1) is 13.2 Å². The van der Waals surface area contributed by atoms with Gasteiger partial charge in [0.2, 0.25) is 0 Å².